The molecule has 1 N–H and O–H groups in total. The Balaban J connectivity index is 0.000000470. The number of rotatable bonds is 6. The van der Waals surface area contributed by atoms with Gasteiger partial charge >= 0.3 is 6.18 Å². The normalized spacial score (nSPS) is 15.5. The Labute approximate surface area is 230 Å². The number of ether oxygens (including phenoxy) is 2. The minimum Gasteiger partial charge on any atom is -0.542 e. The third kappa shape index (κ3) is 7.75. The first-order valence-electron chi connectivity index (χ1n) is 13.0. The highest BCUT2D eigenvalue weighted by molar-refractivity contribution is 5.94. The summed E-state index contributed by atoms with van der Waals surface area (Å²) in [6, 6.07) is 22.6. The molecule has 0 saturated carbocycles. The molecule has 2 aliphatic heterocycles. The molecule has 0 aliphatic carbocycles. The molecular weight excluding hydrogens is 525 g/mol. The molecule has 1 saturated heterocycles. The van der Waals surface area contributed by atoms with Gasteiger partial charge in [0.2, 0.25) is 6.79 Å². The molecule has 5 rings (SSSR count). The fraction of sp³-hybridized carbons (Fsp3) is 0.333. The van der Waals surface area contributed by atoms with E-state index in [1.165, 1.54) is 49.0 Å². The van der Waals surface area contributed by atoms with E-state index < -0.39 is 12.1 Å². The molecule has 0 radical (unpaired) electrons. The Bertz CT molecular complexity index is 1350. The number of carbonyl (C=O) groups is 2. The highest BCUT2D eigenvalue weighted by Crippen LogP contribution is 2.32. The lowest BCUT2D eigenvalue weighted by Gasteiger charge is -2.38. The second-order valence-corrected chi connectivity index (χ2v) is 10.2. The maximum absolute atomic E-state index is 12.6. The summed E-state index contributed by atoms with van der Waals surface area (Å²) in [6.45, 7) is 4.28. The molecule has 3 aromatic carbocycles. The molecule has 10 heteroatoms. The van der Waals surface area contributed by atoms with Crippen LogP contribution < -0.4 is 19.9 Å². The highest BCUT2D eigenvalue weighted by Gasteiger charge is 2.29. The van der Waals surface area contributed by atoms with Crippen molar-refractivity contribution in [3.8, 4) is 22.6 Å². The van der Waals surface area contributed by atoms with Gasteiger partial charge in [-0.15, -0.1) is 0 Å². The first-order chi connectivity index (χ1) is 19.0. The van der Waals surface area contributed by atoms with Gasteiger partial charge < -0.3 is 29.2 Å². The van der Waals surface area contributed by atoms with Crippen molar-refractivity contribution < 1.29 is 41.8 Å². The van der Waals surface area contributed by atoms with Crippen LogP contribution >= 0.6 is 0 Å². The Hall–Kier alpha value is -4.05. The van der Waals surface area contributed by atoms with Crippen molar-refractivity contribution in [2.75, 3.05) is 26.9 Å². The van der Waals surface area contributed by atoms with Gasteiger partial charge in [0.15, 0.2) is 11.5 Å². The first kappa shape index (κ1) is 28.9. The average Bonchev–Trinajstić information content (AvgIpc) is 3.40. The van der Waals surface area contributed by atoms with E-state index in [-0.39, 0.29) is 12.7 Å². The van der Waals surface area contributed by atoms with Crippen LogP contribution in [0, 0.1) is 0 Å². The van der Waals surface area contributed by atoms with Gasteiger partial charge in [-0.25, -0.2) is 0 Å². The number of carboxylic acid groups (broad SMARTS) is 1. The zero-order valence-corrected chi connectivity index (χ0v) is 22.1. The summed E-state index contributed by atoms with van der Waals surface area (Å²) in [5, 5.41) is 11.8. The van der Waals surface area contributed by atoms with Gasteiger partial charge in [0.05, 0.1) is 20.1 Å². The number of benzene rings is 3. The Morgan fingerprint density at radius 1 is 0.875 bits per heavy atom. The van der Waals surface area contributed by atoms with Crippen LogP contribution in [0.25, 0.3) is 11.1 Å². The number of hydrogen-bond donors (Lipinski definition) is 1. The summed E-state index contributed by atoms with van der Waals surface area (Å²) < 4.78 is 43.4. The Morgan fingerprint density at radius 3 is 2.12 bits per heavy atom. The molecule has 40 heavy (non-hydrogen) atoms. The molecule has 212 valence electrons. The van der Waals surface area contributed by atoms with Crippen LogP contribution in [0.4, 0.5) is 13.2 Å². The van der Waals surface area contributed by atoms with E-state index in [2.05, 4.69) is 54.8 Å². The van der Waals surface area contributed by atoms with Crippen molar-refractivity contribution in [1.29, 1.82) is 0 Å². The predicted octanol–water partition coefficient (Wildman–Crippen LogP) is 4.44. The molecule has 0 atom stereocenters. The second kappa shape index (κ2) is 12.4. The number of quaternary nitrogens is 1. The van der Waals surface area contributed by atoms with E-state index >= 15 is 0 Å². The van der Waals surface area contributed by atoms with E-state index in [1.807, 2.05) is 6.07 Å². The number of nitrogens with zero attached hydrogens (tertiary/aromatic N) is 1. The standard InChI is InChI=1S/C28H30N2O3.C2HF3O2/c1-30(13-3-2-4-14-30)19-22-8-6-10-24(16-22)23-9-5-7-21(15-23)18-29-28(31)25-11-12-26-27(17-25)33-20-32-26;3-2(4,5)1(6)7/h5-12,15-17H,2-4,13-14,18-20H2,1H3;(H,6,7). The molecular formula is C30H31F3N2O5. The van der Waals surface area contributed by atoms with Crippen LogP contribution in [0.1, 0.15) is 40.7 Å². The van der Waals surface area contributed by atoms with Crippen LogP contribution in [0.15, 0.2) is 66.7 Å². The van der Waals surface area contributed by atoms with E-state index in [0.717, 1.165) is 16.6 Å². The molecule has 1 fully saturated rings. The van der Waals surface area contributed by atoms with Crippen LogP contribution in [0.3, 0.4) is 0 Å². The summed E-state index contributed by atoms with van der Waals surface area (Å²) >= 11 is 0. The van der Waals surface area contributed by atoms with Crippen molar-refractivity contribution in [2.45, 2.75) is 38.5 Å². The Kier molecular flexibility index (Phi) is 8.99. The van der Waals surface area contributed by atoms with Gasteiger partial charge in [-0.2, -0.15) is 13.2 Å². The summed E-state index contributed by atoms with van der Waals surface area (Å²) in [6.07, 6.45) is -1.17. The predicted molar refractivity (Wildman–Crippen MR) is 140 cm³/mol. The highest BCUT2D eigenvalue weighted by atomic mass is 19.4. The molecule has 0 aromatic heterocycles. The van der Waals surface area contributed by atoms with Crippen molar-refractivity contribution in [3.63, 3.8) is 0 Å². The fourth-order valence-corrected chi connectivity index (χ4v) is 4.91. The number of hydrogen-bond acceptors (Lipinski definition) is 5. The molecule has 0 spiro atoms. The van der Waals surface area contributed by atoms with E-state index in [1.54, 1.807) is 18.2 Å². The van der Waals surface area contributed by atoms with Crippen molar-refractivity contribution in [1.82, 2.24) is 5.32 Å². The average molecular weight is 557 g/mol. The SMILES string of the molecule is C[N+]1(Cc2cccc(-c3cccc(CNC(=O)c4ccc5c(c4)OCO5)c3)c2)CCCCC1.O=C([O-])C(F)(F)F. The van der Waals surface area contributed by atoms with Gasteiger partial charge in [-0.3, -0.25) is 4.79 Å². The van der Waals surface area contributed by atoms with Gasteiger partial charge in [0.1, 0.15) is 12.5 Å². The number of likely N-dealkylation sites (tertiary alicyclic amines) is 1. The smallest absolute Gasteiger partial charge is 0.430 e. The fourth-order valence-electron chi connectivity index (χ4n) is 4.91. The van der Waals surface area contributed by atoms with E-state index in [9.17, 15) is 18.0 Å². The quantitative estimate of drug-likeness (QED) is 0.454. The zero-order chi connectivity index (χ0) is 28.8. The first-order valence-corrected chi connectivity index (χ1v) is 13.0. The second-order valence-electron chi connectivity index (χ2n) is 10.2. The minimum absolute atomic E-state index is 0.126. The van der Waals surface area contributed by atoms with Gasteiger partial charge in [-0.05, 0) is 66.3 Å². The number of carboxylic acids is 1. The molecule has 3 aromatic rings. The lowest BCUT2D eigenvalue weighted by molar-refractivity contribution is -0.926. The number of aliphatic carboxylic acids is 1. The molecule has 2 heterocycles. The molecule has 0 bridgehead atoms. The maximum Gasteiger partial charge on any atom is 0.430 e. The number of alkyl halides is 3. The largest absolute Gasteiger partial charge is 0.542 e. The van der Waals surface area contributed by atoms with Gasteiger partial charge in [0, 0.05) is 17.7 Å². The third-order valence-corrected chi connectivity index (χ3v) is 6.97. The van der Waals surface area contributed by atoms with Gasteiger partial charge in [0.25, 0.3) is 5.91 Å². The number of fused-ring (bicyclic) bond motifs is 1. The van der Waals surface area contributed by atoms with Crippen LogP contribution in [0.5, 0.6) is 11.5 Å². The van der Waals surface area contributed by atoms with Crippen molar-refractivity contribution in [3.05, 3.63) is 83.4 Å². The van der Waals surface area contributed by atoms with Crippen LogP contribution in [-0.2, 0) is 17.9 Å². The number of halogens is 3. The van der Waals surface area contributed by atoms with Crippen molar-refractivity contribution in [2.24, 2.45) is 0 Å². The molecule has 2 aliphatic rings. The van der Waals surface area contributed by atoms with Crippen LogP contribution in [0.2, 0.25) is 0 Å². The summed E-state index contributed by atoms with van der Waals surface area (Å²) in [5.41, 5.74) is 5.42. The van der Waals surface area contributed by atoms with E-state index in [4.69, 9.17) is 19.4 Å². The minimum atomic E-state index is -5.19. The molecule has 7 nitrogen and oxygen atoms in total. The number of amides is 1. The maximum atomic E-state index is 12.6. The lowest BCUT2D eigenvalue weighted by atomic mass is 10.00. The lowest BCUT2D eigenvalue weighted by Crippen LogP contribution is -2.46. The van der Waals surface area contributed by atoms with Gasteiger partial charge in [-0.1, -0.05) is 36.4 Å². The van der Waals surface area contributed by atoms with Crippen molar-refractivity contribution >= 4 is 11.9 Å². The third-order valence-electron chi connectivity index (χ3n) is 6.97. The topological polar surface area (TPSA) is 87.7 Å². The summed E-state index contributed by atoms with van der Waals surface area (Å²) in [4.78, 5) is 21.4. The molecule has 1 amide bonds. The number of piperidine rings is 1. The summed E-state index contributed by atoms with van der Waals surface area (Å²) in [5.74, 6) is -1.84. The van der Waals surface area contributed by atoms with Crippen LogP contribution in [-0.4, -0.2) is 49.5 Å². The number of carbonyl (C=O) groups excluding carboxylic acids is 2. The Morgan fingerprint density at radius 2 is 1.48 bits per heavy atom. The number of nitrogens with one attached hydrogen (secondary N) is 1. The molecule has 0 unspecified atom stereocenters. The monoisotopic (exact) mass is 556 g/mol. The zero-order valence-electron chi connectivity index (χ0n) is 22.1. The summed E-state index contributed by atoms with van der Waals surface area (Å²) in [7, 11) is 2.38. The van der Waals surface area contributed by atoms with E-state index in [0.29, 0.717) is 23.6 Å².